The summed E-state index contributed by atoms with van der Waals surface area (Å²) < 4.78 is 6.06. The second-order valence-electron chi connectivity index (χ2n) is 6.73. The van der Waals surface area contributed by atoms with Crippen LogP contribution in [0.25, 0.3) is 0 Å². The monoisotopic (exact) mass is 290 g/mol. The van der Waals surface area contributed by atoms with Crippen LogP contribution in [-0.2, 0) is 19.1 Å². The van der Waals surface area contributed by atoms with Crippen molar-refractivity contribution >= 4 is 17.7 Å². The quantitative estimate of drug-likeness (QED) is 0.760. The van der Waals surface area contributed by atoms with Gasteiger partial charge in [0.2, 0.25) is 5.91 Å². The van der Waals surface area contributed by atoms with Crippen LogP contribution in [0.4, 0.5) is 0 Å². The zero-order chi connectivity index (χ0) is 14.6. The summed E-state index contributed by atoms with van der Waals surface area (Å²) in [5.74, 6) is 0.0899. The Bertz CT molecular complexity index is 501. The van der Waals surface area contributed by atoms with Gasteiger partial charge in [0.05, 0.1) is 6.10 Å². The summed E-state index contributed by atoms with van der Waals surface area (Å²) in [6.07, 6.45) is 7.78. The Morgan fingerprint density at radius 3 is 2.38 bits per heavy atom. The molecule has 2 saturated heterocycles. The van der Waals surface area contributed by atoms with Gasteiger partial charge in [-0.1, -0.05) is 0 Å². The minimum Gasteiger partial charge on any atom is -0.353 e. The highest BCUT2D eigenvalue weighted by molar-refractivity contribution is 6.14. The predicted molar refractivity (Wildman–Crippen MR) is 71.7 cm³/mol. The van der Waals surface area contributed by atoms with Gasteiger partial charge in [-0.3, -0.25) is 19.3 Å². The molecule has 2 aliphatic carbocycles. The first-order valence-corrected chi connectivity index (χ1v) is 7.55. The molecule has 21 heavy (non-hydrogen) atoms. The molecule has 112 valence electrons. The van der Waals surface area contributed by atoms with E-state index >= 15 is 0 Å². The zero-order valence-corrected chi connectivity index (χ0v) is 11.7. The van der Waals surface area contributed by atoms with Crippen molar-refractivity contribution in [1.82, 2.24) is 10.2 Å². The van der Waals surface area contributed by atoms with E-state index in [1.807, 2.05) is 0 Å². The normalized spacial score (nSPS) is 40.2. The second kappa shape index (κ2) is 4.40. The summed E-state index contributed by atoms with van der Waals surface area (Å²) in [5.41, 5.74) is -0.564. The topological polar surface area (TPSA) is 75.7 Å². The third-order valence-corrected chi connectivity index (χ3v) is 5.06. The van der Waals surface area contributed by atoms with E-state index in [1.54, 1.807) is 0 Å². The van der Waals surface area contributed by atoms with Crippen LogP contribution in [0.1, 0.15) is 32.1 Å². The summed E-state index contributed by atoms with van der Waals surface area (Å²) in [7, 11) is 0. The molecule has 0 aromatic carbocycles. The van der Waals surface area contributed by atoms with Gasteiger partial charge >= 0.3 is 0 Å². The van der Waals surface area contributed by atoms with Crippen molar-refractivity contribution in [1.29, 1.82) is 0 Å². The summed E-state index contributed by atoms with van der Waals surface area (Å²) in [6.45, 7) is -0.226. The fraction of sp³-hybridized carbons (Fsp3) is 0.667. The molecule has 0 aromatic heterocycles. The van der Waals surface area contributed by atoms with Crippen LogP contribution in [-0.4, -0.2) is 41.0 Å². The molecular formula is C15H18N2O4. The largest absolute Gasteiger partial charge is 0.353 e. The van der Waals surface area contributed by atoms with Gasteiger partial charge in [-0.25, -0.2) is 0 Å². The van der Waals surface area contributed by atoms with Crippen molar-refractivity contribution in [2.75, 3.05) is 6.54 Å². The average molecular weight is 290 g/mol. The molecule has 4 atom stereocenters. The minimum absolute atomic E-state index is 0.226. The first-order chi connectivity index (χ1) is 10.0. The van der Waals surface area contributed by atoms with E-state index in [9.17, 15) is 14.4 Å². The second-order valence-corrected chi connectivity index (χ2v) is 6.73. The predicted octanol–water partition coefficient (Wildman–Crippen LogP) is 0.333. The number of hydrogen-bond donors (Lipinski definition) is 1. The van der Waals surface area contributed by atoms with Crippen molar-refractivity contribution in [2.45, 2.75) is 43.9 Å². The summed E-state index contributed by atoms with van der Waals surface area (Å²) in [6, 6.07) is 0. The van der Waals surface area contributed by atoms with Crippen molar-refractivity contribution in [3.8, 4) is 0 Å². The van der Waals surface area contributed by atoms with Gasteiger partial charge in [-0.05, 0) is 43.9 Å². The maximum Gasteiger partial charge on any atom is 0.254 e. The van der Waals surface area contributed by atoms with E-state index in [0.717, 1.165) is 30.6 Å². The molecule has 2 saturated carbocycles. The highest BCUT2D eigenvalue weighted by Gasteiger charge is 2.52. The average Bonchev–Trinajstić information content (AvgIpc) is 2.68. The van der Waals surface area contributed by atoms with Crippen LogP contribution < -0.4 is 5.32 Å². The molecule has 3 heterocycles. The smallest absolute Gasteiger partial charge is 0.254 e. The third kappa shape index (κ3) is 2.18. The molecule has 6 nitrogen and oxygen atoms in total. The fourth-order valence-corrected chi connectivity index (χ4v) is 4.52. The lowest BCUT2D eigenvalue weighted by molar-refractivity contribution is -0.233. The molecule has 3 aliphatic heterocycles. The number of nitrogens with zero attached hydrogens (tertiary/aromatic N) is 1. The molecule has 3 amide bonds. The summed E-state index contributed by atoms with van der Waals surface area (Å²) in [4.78, 5) is 36.1. The molecule has 2 unspecified atom stereocenters. The first kappa shape index (κ1) is 13.0. The van der Waals surface area contributed by atoms with Crippen LogP contribution in [0.3, 0.4) is 0 Å². The van der Waals surface area contributed by atoms with Crippen LogP contribution in [0, 0.1) is 11.8 Å². The SMILES string of the molecule is O=C(CN1C(=O)C=CC1=O)NC12C[C@@H]3CC(C[C@@H](C3)C1)O2. The molecule has 0 aromatic rings. The van der Waals surface area contributed by atoms with Gasteiger partial charge < -0.3 is 10.1 Å². The Labute approximate surface area is 122 Å². The Hall–Kier alpha value is -1.69. The number of imide groups is 1. The lowest BCUT2D eigenvalue weighted by Gasteiger charge is -2.56. The summed E-state index contributed by atoms with van der Waals surface area (Å²) >= 11 is 0. The number of carbonyl (C=O) groups is 3. The van der Waals surface area contributed by atoms with Gasteiger partial charge in [0.1, 0.15) is 12.3 Å². The molecule has 4 fully saturated rings. The number of hydrogen-bond acceptors (Lipinski definition) is 4. The first-order valence-electron chi connectivity index (χ1n) is 7.55. The van der Waals surface area contributed by atoms with E-state index in [-0.39, 0.29) is 18.6 Å². The third-order valence-electron chi connectivity index (χ3n) is 5.06. The van der Waals surface area contributed by atoms with Crippen LogP contribution in [0.15, 0.2) is 12.2 Å². The lowest BCUT2D eigenvalue weighted by Crippen LogP contribution is -2.64. The van der Waals surface area contributed by atoms with E-state index in [4.69, 9.17) is 4.74 Å². The van der Waals surface area contributed by atoms with E-state index in [0.29, 0.717) is 11.8 Å². The van der Waals surface area contributed by atoms with Crippen LogP contribution in [0.2, 0.25) is 0 Å². The fourth-order valence-electron chi connectivity index (χ4n) is 4.52. The number of nitrogens with one attached hydrogen (secondary N) is 1. The van der Waals surface area contributed by atoms with Crippen molar-refractivity contribution in [3.63, 3.8) is 0 Å². The maximum atomic E-state index is 12.2. The molecular weight excluding hydrogens is 272 g/mol. The standard InChI is InChI=1S/C15H18N2O4/c18-12(8-17-13(19)1-2-14(17)20)16-15-6-9-3-10(7-15)5-11(4-9)21-15/h1-2,9-11H,3-8H2,(H,16,18)/t9-,10+,11?,15?. The lowest BCUT2D eigenvalue weighted by atomic mass is 9.65. The number of amides is 3. The van der Waals surface area contributed by atoms with Gasteiger partial charge in [0.25, 0.3) is 11.8 Å². The Balaban J connectivity index is 1.43. The molecule has 1 N–H and O–H groups in total. The summed E-state index contributed by atoms with van der Waals surface area (Å²) in [5, 5.41) is 2.96. The Kier molecular flexibility index (Phi) is 2.73. The Morgan fingerprint density at radius 2 is 1.81 bits per heavy atom. The molecule has 4 bridgehead atoms. The van der Waals surface area contributed by atoms with Crippen molar-refractivity contribution in [3.05, 3.63) is 12.2 Å². The van der Waals surface area contributed by atoms with Crippen LogP contribution in [0.5, 0.6) is 0 Å². The van der Waals surface area contributed by atoms with Gasteiger partial charge in [-0.15, -0.1) is 0 Å². The maximum absolute atomic E-state index is 12.2. The highest BCUT2D eigenvalue weighted by Crippen LogP contribution is 2.51. The van der Waals surface area contributed by atoms with E-state index in [1.165, 1.54) is 18.6 Å². The molecule has 5 aliphatic rings. The van der Waals surface area contributed by atoms with Crippen LogP contribution >= 0.6 is 0 Å². The van der Waals surface area contributed by atoms with Gasteiger partial charge in [-0.2, -0.15) is 0 Å². The number of rotatable bonds is 3. The van der Waals surface area contributed by atoms with E-state index < -0.39 is 17.5 Å². The molecule has 5 rings (SSSR count). The zero-order valence-electron chi connectivity index (χ0n) is 11.7. The van der Waals surface area contributed by atoms with E-state index in [2.05, 4.69) is 5.32 Å². The Morgan fingerprint density at radius 1 is 1.19 bits per heavy atom. The number of carbonyl (C=O) groups excluding carboxylic acids is 3. The highest BCUT2D eigenvalue weighted by atomic mass is 16.5. The van der Waals surface area contributed by atoms with Crippen molar-refractivity contribution in [2.24, 2.45) is 11.8 Å². The van der Waals surface area contributed by atoms with Crippen molar-refractivity contribution < 1.29 is 19.1 Å². The minimum atomic E-state index is -0.564. The molecule has 0 spiro atoms. The molecule has 0 radical (unpaired) electrons. The van der Waals surface area contributed by atoms with Gasteiger partial charge in [0.15, 0.2) is 0 Å². The van der Waals surface area contributed by atoms with Gasteiger partial charge in [0, 0.05) is 12.2 Å². The molecule has 6 heteroatoms. The number of ether oxygens (including phenoxy) is 1.